The summed E-state index contributed by atoms with van der Waals surface area (Å²) in [6.07, 6.45) is 2.33. The zero-order valence-corrected chi connectivity index (χ0v) is 23.8. The molecule has 216 valence electrons. The fourth-order valence-electron chi connectivity index (χ4n) is 6.40. The van der Waals surface area contributed by atoms with Crippen LogP contribution in [-0.2, 0) is 22.4 Å². The van der Waals surface area contributed by atoms with E-state index in [1.165, 1.54) is 0 Å². The first-order valence-corrected chi connectivity index (χ1v) is 14.4. The van der Waals surface area contributed by atoms with Gasteiger partial charge in [-0.05, 0) is 71.3 Å². The lowest BCUT2D eigenvalue weighted by atomic mass is 9.82. The van der Waals surface area contributed by atoms with Crippen LogP contribution >= 0.6 is 0 Å². The quantitative estimate of drug-likeness (QED) is 0.324. The lowest BCUT2D eigenvalue weighted by Gasteiger charge is -2.35. The summed E-state index contributed by atoms with van der Waals surface area (Å²) in [6.45, 7) is 7.20. The molecule has 2 unspecified atom stereocenters. The van der Waals surface area contributed by atoms with E-state index in [1.807, 2.05) is 72.5 Å². The Bertz CT molecular complexity index is 1380. The van der Waals surface area contributed by atoms with Crippen LogP contribution in [-0.4, -0.2) is 41.8 Å². The Morgan fingerprint density at radius 1 is 0.976 bits per heavy atom. The zero-order chi connectivity index (χ0) is 29.1. The minimum atomic E-state index is -0.936. The van der Waals surface area contributed by atoms with Crippen LogP contribution < -0.4 is 19.9 Å². The molecule has 3 aromatic carbocycles. The number of carbonyl (C=O) groups is 2. The molecule has 2 aliphatic rings. The average molecular weight is 559 g/mol. The van der Waals surface area contributed by atoms with E-state index in [4.69, 9.17) is 19.9 Å². The van der Waals surface area contributed by atoms with Crippen molar-refractivity contribution in [2.45, 2.75) is 58.0 Å². The summed E-state index contributed by atoms with van der Waals surface area (Å²) in [6, 6.07) is 17.8. The second kappa shape index (κ2) is 12.2. The number of primary amides is 1. The first-order valence-electron chi connectivity index (χ1n) is 14.4. The summed E-state index contributed by atoms with van der Waals surface area (Å²) >= 11 is 0. The van der Waals surface area contributed by atoms with Crippen LogP contribution in [0.4, 0.5) is 0 Å². The van der Waals surface area contributed by atoms with E-state index in [9.17, 15) is 14.7 Å². The molecule has 3 aromatic rings. The molecular weight excluding hydrogens is 520 g/mol. The minimum absolute atomic E-state index is 0.129. The highest BCUT2D eigenvalue weighted by molar-refractivity contribution is 5.83. The number of nitrogens with two attached hydrogens (primary N) is 1. The molecule has 0 aliphatic carbocycles. The fraction of sp³-hybridized carbons (Fsp3) is 0.394. The van der Waals surface area contributed by atoms with Crippen molar-refractivity contribution in [2.24, 2.45) is 11.7 Å². The second-order valence-corrected chi connectivity index (χ2v) is 10.6. The Balaban J connectivity index is 1.66. The number of hydrogen-bond acceptors (Lipinski definition) is 6. The van der Waals surface area contributed by atoms with Gasteiger partial charge in [0.05, 0.1) is 12.5 Å². The number of ether oxygens (including phenoxy) is 3. The van der Waals surface area contributed by atoms with Gasteiger partial charge in [-0.25, -0.2) is 0 Å². The number of hydrogen-bond donors (Lipinski definition) is 2. The number of amides is 1. The number of nitrogens with zero attached hydrogens (tertiary/aromatic N) is 1. The van der Waals surface area contributed by atoms with E-state index in [2.05, 4.69) is 13.8 Å². The van der Waals surface area contributed by atoms with Crippen LogP contribution in [0, 0.1) is 5.92 Å². The summed E-state index contributed by atoms with van der Waals surface area (Å²) in [5.41, 5.74) is 10.8. The van der Waals surface area contributed by atoms with Crippen LogP contribution in [0.2, 0.25) is 0 Å². The highest BCUT2D eigenvalue weighted by Gasteiger charge is 2.51. The summed E-state index contributed by atoms with van der Waals surface area (Å²) in [4.78, 5) is 28.5. The average Bonchev–Trinajstić information content (AvgIpc) is 3.61. The van der Waals surface area contributed by atoms with Gasteiger partial charge in [-0.15, -0.1) is 0 Å². The Labute approximate surface area is 241 Å². The highest BCUT2D eigenvalue weighted by atomic mass is 16.7. The van der Waals surface area contributed by atoms with Crippen molar-refractivity contribution in [1.82, 2.24) is 4.90 Å². The topological polar surface area (TPSA) is 111 Å². The molecule has 2 aliphatic heterocycles. The van der Waals surface area contributed by atoms with Crippen molar-refractivity contribution in [3.63, 3.8) is 0 Å². The number of aliphatic carboxylic acids is 1. The molecule has 4 atom stereocenters. The highest BCUT2D eigenvalue weighted by Crippen LogP contribution is 2.51. The Hall–Kier alpha value is -4.04. The predicted molar refractivity (Wildman–Crippen MR) is 155 cm³/mol. The molecule has 0 radical (unpaired) electrons. The molecule has 5 rings (SSSR count). The van der Waals surface area contributed by atoms with Crippen LogP contribution in [0.5, 0.6) is 17.2 Å². The molecule has 0 bridgehead atoms. The first kappa shape index (κ1) is 28.5. The second-order valence-electron chi connectivity index (χ2n) is 10.6. The third kappa shape index (κ3) is 5.48. The lowest BCUT2D eigenvalue weighted by Crippen LogP contribution is -2.40. The van der Waals surface area contributed by atoms with Gasteiger partial charge in [0, 0.05) is 18.5 Å². The monoisotopic (exact) mass is 558 g/mol. The number of fused-ring (bicyclic) bond motifs is 1. The summed E-state index contributed by atoms with van der Waals surface area (Å²) in [5.74, 6) is -0.764. The molecule has 0 saturated carbocycles. The van der Waals surface area contributed by atoms with Gasteiger partial charge in [-0.1, -0.05) is 57.2 Å². The summed E-state index contributed by atoms with van der Waals surface area (Å²) in [7, 11) is 0. The number of carboxylic acid groups (broad SMARTS) is 1. The van der Waals surface area contributed by atoms with Crippen LogP contribution in [0.1, 0.15) is 73.0 Å². The Kier molecular flexibility index (Phi) is 8.49. The van der Waals surface area contributed by atoms with Crippen LogP contribution in [0.3, 0.4) is 0 Å². The predicted octanol–water partition coefficient (Wildman–Crippen LogP) is 5.40. The van der Waals surface area contributed by atoms with Gasteiger partial charge >= 0.3 is 5.97 Å². The maximum Gasteiger partial charge on any atom is 0.309 e. The Morgan fingerprint density at radius 2 is 1.63 bits per heavy atom. The molecule has 0 spiro atoms. The van der Waals surface area contributed by atoms with Gasteiger partial charge in [0.2, 0.25) is 12.7 Å². The minimum Gasteiger partial charge on any atom is -0.494 e. The first-order chi connectivity index (χ1) is 19.9. The van der Waals surface area contributed by atoms with E-state index < -0.39 is 35.8 Å². The van der Waals surface area contributed by atoms with Gasteiger partial charge in [-0.2, -0.15) is 0 Å². The molecule has 2 heterocycles. The molecule has 8 heteroatoms. The normalized spacial score (nSPS) is 20.6. The van der Waals surface area contributed by atoms with Gasteiger partial charge in [0.25, 0.3) is 0 Å². The molecule has 1 fully saturated rings. The maximum atomic E-state index is 13.4. The largest absolute Gasteiger partial charge is 0.494 e. The number of likely N-dealkylation sites (tertiary alicyclic amines) is 1. The van der Waals surface area contributed by atoms with Gasteiger partial charge in [-0.3, -0.25) is 14.5 Å². The van der Waals surface area contributed by atoms with E-state index in [0.717, 1.165) is 52.8 Å². The molecule has 1 saturated heterocycles. The molecular formula is C33H38N2O6. The van der Waals surface area contributed by atoms with Crippen molar-refractivity contribution >= 4 is 11.9 Å². The zero-order valence-electron chi connectivity index (χ0n) is 23.8. The maximum absolute atomic E-state index is 13.4. The standard InChI is InChI=1S/C33H38N2O6/c1-4-16-39-24-13-10-22(11-14-24)30-29(33(37)38)25(23-12-15-26-27(17-23)41-19-40-26)18-35(30)31(32(34)36)28-20(5-2)8-7-9-21(28)6-3/h7-15,17,25,29-31H,4-6,16,18-19H2,1-3H3,(H2,34,36)(H,37,38)/t25-,29-,30?,31?/m1/s1. The van der Waals surface area contributed by atoms with E-state index >= 15 is 0 Å². The van der Waals surface area contributed by atoms with Crippen molar-refractivity contribution in [3.05, 3.63) is 88.5 Å². The number of benzene rings is 3. The third-order valence-corrected chi connectivity index (χ3v) is 8.27. The SMILES string of the molecule is CCCOc1ccc(C2[C@H](C(=O)O)[C@@H](c3ccc4c(c3)OCO4)CN2C(C(N)=O)c2c(CC)cccc2CC)cc1. The van der Waals surface area contributed by atoms with Crippen molar-refractivity contribution in [3.8, 4) is 17.2 Å². The molecule has 41 heavy (non-hydrogen) atoms. The van der Waals surface area contributed by atoms with Crippen molar-refractivity contribution in [2.75, 3.05) is 19.9 Å². The van der Waals surface area contributed by atoms with Crippen LogP contribution in [0.25, 0.3) is 0 Å². The smallest absolute Gasteiger partial charge is 0.309 e. The Morgan fingerprint density at radius 3 is 2.24 bits per heavy atom. The van der Waals surface area contributed by atoms with E-state index in [-0.39, 0.29) is 6.79 Å². The summed E-state index contributed by atoms with van der Waals surface area (Å²) < 4.78 is 16.9. The van der Waals surface area contributed by atoms with Crippen molar-refractivity contribution < 1.29 is 28.9 Å². The molecule has 1 amide bonds. The summed E-state index contributed by atoms with van der Waals surface area (Å²) in [5, 5.41) is 10.7. The number of carboxylic acids is 1. The van der Waals surface area contributed by atoms with E-state index in [0.29, 0.717) is 24.7 Å². The fourth-order valence-corrected chi connectivity index (χ4v) is 6.40. The van der Waals surface area contributed by atoms with Crippen LogP contribution in [0.15, 0.2) is 60.7 Å². The van der Waals surface area contributed by atoms with E-state index in [1.54, 1.807) is 0 Å². The van der Waals surface area contributed by atoms with Gasteiger partial charge in [0.1, 0.15) is 11.8 Å². The van der Waals surface area contributed by atoms with Crippen molar-refractivity contribution in [1.29, 1.82) is 0 Å². The molecule has 8 nitrogen and oxygen atoms in total. The number of rotatable bonds is 11. The lowest BCUT2D eigenvalue weighted by molar-refractivity contribution is -0.143. The number of carbonyl (C=O) groups excluding carboxylic acids is 1. The van der Waals surface area contributed by atoms with Gasteiger partial charge < -0.3 is 25.1 Å². The molecule has 3 N–H and O–H groups in total. The number of aryl methyl sites for hydroxylation is 2. The molecule has 0 aromatic heterocycles. The van der Waals surface area contributed by atoms with Gasteiger partial charge in [0.15, 0.2) is 11.5 Å². The third-order valence-electron chi connectivity index (χ3n) is 8.27.